The maximum absolute atomic E-state index is 12.4. The summed E-state index contributed by atoms with van der Waals surface area (Å²) >= 11 is 6.09. The van der Waals surface area contributed by atoms with Crippen LogP contribution in [0, 0.1) is 10.4 Å². The molecule has 0 bridgehead atoms. The molecule has 28 heavy (non-hydrogen) atoms. The highest BCUT2D eigenvalue weighted by molar-refractivity contribution is 6.33. The second-order valence-electron chi connectivity index (χ2n) is 5.85. The summed E-state index contributed by atoms with van der Waals surface area (Å²) in [7, 11) is 0. The van der Waals surface area contributed by atoms with Crippen molar-refractivity contribution in [3.63, 3.8) is 0 Å². The van der Waals surface area contributed by atoms with Crippen molar-refractivity contribution >= 4 is 40.7 Å². The van der Waals surface area contributed by atoms with E-state index in [-0.39, 0.29) is 28.0 Å². The Morgan fingerprint density at radius 2 is 1.93 bits per heavy atom. The van der Waals surface area contributed by atoms with E-state index >= 15 is 0 Å². The minimum absolute atomic E-state index is 0.186. The molecule has 0 saturated carbocycles. The Morgan fingerprint density at radius 3 is 2.68 bits per heavy atom. The molecule has 2 unspecified atom stereocenters. The van der Waals surface area contributed by atoms with Crippen LogP contribution in [0.4, 0.5) is 21.9 Å². The molecule has 1 aliphatic heterocycles. The molecule has 1 aliphatic rings. The average molecular weight is 407 g/mol. The summed E-state index contributed by atoms with van der Waals surface area (Å²) in [5.41, 5.74) is 6.09. The van der Waals surface area contributed by atoms with Gasteiger partial charge in [0.2, 0.25) is 11.4 Å². The predicted molar refractivity (Wildman–Crippen MR) is 105 cm³/mol. The summed E-state index contributed by atoms with van der Waals surface area (Å²) < 4.78 is 5.51. The number of urea groups is 1. The zero-order valence-corrected chi connectivity index (χ0v) is 15.5. The van der Waals surface area contributed by atoms with Gasteiger partial charge in [-0.3, -0.25) is 5.06 Å². The highest BCUT2D eigenvalue weighted by atomic mass is 35.5. The number of amides is 2. The number of carbonyl (C=O) groups is 1. The molecule has 2 atom stereocenters. The minimum Gasteiger partial charge on any atom is -0.621 e. The summed E-state index contributed by atoms with van der Waals surface area (Å²) in [6.07, 6.45) is 0.684. The highest BCUT2D eigenvalue weighted by Gasteiger charge is 2.28. The van der Waals surface area contributed by atoms with Crippen LogP contribution in [0.5, 0.6) is 5.75 Å². The molecule has 1 heterocycles. The lowest BCUT2D eigenvalue weighted by atomic mass is 10.2. The summed E-state index contributed by atoms with van der Waals surface area (Å²) in [6, 6.07) is 10.3. The van der Waals surface area contributed by atoms with Crippen molar-refractivity contribution in [1.82, 2.24) is 5.32 Å². The number of hydrogen-bond acceptors (Lipinski definition) is 6. The van der Waals surface area contributed by atoms with Gasteiger partial charge in [0, 0.05) is 23.3 Å². The SMILES string of the molecule is NCCCOc1ccc(Cl)c(NC(=O)NC2=N[NH+]([O-])c3ccccc3[NH+]2[O-])c1. The van der Waals surface area contributed by atoms with Gasteiger partial charge in [-0.1, -0.05) is 23.7 Å². The Labute approximate surface area is 165 Å². The van der Waals surface area contributed by atoms with Crippen LogP contribution in [-0.2, 0) is 0 Å². The quantitative estimate of drug-likeness (QED) is 0.356. The molecular formula is C17H19ClN6O4. The first kappa shape index (κ1) is 20.0. The van der Waals surface area contributed by atoms with Crippen LogP contribution in [0.3, 0.4) is 0 Å². The van der Waals surface area contributed by atoms with Gasteiger partial charge in [-0.15, -0.1) is 0 Å². The van der Waals surface area contributed by atoms with E-state index in [1.54, 1.807) is 30.3 Å². The molecule has 148 valence electrons. The van der Waals surface area contributed by atoms with Crippen LogP contribution in [0.15, 0.2) is 47.6 Å². The Morgan fingerprint density at radius 1 is 1.18 bits per heavy atom. The standard InChI is InChI=1S/C17H19ClN6O4/c18-12-7-6-11(28-9-3-8-19)10-13(12)20-17(25)21-16-22-24(27)15-5-2-1-4-14(15)23(16)26/h1-2,4-7,10,23-24H,3,8-9,19H2,(H2,20,21,22,25). The van der Waals surface area contributed by atoms with E-state index in [0.717, 1.165) is 0 Å². The lowest BCUT2D eigenvalue weighted by Crippen LogP contribution is -3.15. The number of hydroxylamine groups is 1. The van der Waals surface area contributed by atoms with E-state index in [9.17, 15) is 15.2 Å². The number of carbonyl (C=O) groups excluding carboxylic acids is 1. The second-order valence-corrected chi connectivity index (χ2v) is 6.26. The molecule has 11 heteroatoms. The first-order valence-electron chi connectivity index (χ1n) is 8.46. The molecule has 10 nitrogen and oxygen atoms in total. The van der Waals surface area contributed by atoms with Crippen molar-refractivity contribution in [1.29, 1.82) is 0 Å². The number of benzene rings is 2. The molecule has 0 saturated heterocycles. The number of halogens is 1. The number of nitrogens with one attached hydrogen (secondary N) is 4. The monoisotopic (exact) mass is 406 g/mol. The van der Waals surface area contributed by atoms with Crippen molar-refractivity contribution in [2.75, 3.05) is 18.5 Å². The first-order valence-corrected chi connectivity index (χ1v) is 8.84. The number of quaternary nitrogens is 2. The topological polar surface area (TPSA) is 144 Å². The summed E-state index contributed by atoms with van der Waals surface area (Å²) in [4.78, 5) is 12.3. The Hall–Kier alpha value is -2.73. The smallest absolute Gasteiger partial charge is 0.362 e. The van der Waals surface area contributed by atoms with E-state index < -0.39 is 16.3 Å². The number of nitrogens with zero attached hydrogens (tertiary/aromatic N) is 1. The van der Waals surface area contributed by atoms with Gasteiger partial charge in [0.05, 0.1) is 17.3 Å². The van der Waals surface area contributed by atoms with Gasteiger partial charge in [-0.25, -0.2) is 10.1 Å². The van der Waals surface area contributed by atoms with E-state index in [1.807, 2.05) is 0 Å². The summed E-state index contributed by atoms with van der Waals surface area (Å²) in [6.45, 7) is 0.926. The average Bonchev–Trinajstić information content (AvgIpc) is 2.68. The number of fused-ring (bicyclic) bond motifs is 1. The van der Waals surface area contributed by atoms with E-state index in [0.29, 0.717) is 25.3 Å². The van der Waals surface area contributed by atoms with Crippen molar-refractivity contribution < 1.29 is 19.8 Å². The fraction of sp³-hybridized carbons (Fsp3) is 0.176. The number of rotatable bonds is 5. The number of nitrogens with two attached hydrogens (primary N) is 1. The fourth-order valence-corrected chi connectivity index (χ4v) is 2.68. The molecule has 0 aromatic heterocycles. The van der Waals surface area contributed by atoms with E-state index in [2.05, 4.69) is 15.7 Å². The first-order chi connectivity index (χ1) is 13.5. The molecule has 6 N–H and O–H groups in total. The van der Waals surface area contributed by atoms with E-state index in [1.165, 1.54) is 12.1 Å². The number of hydrogen-bond donors (Lipinski definition) is 5. The second kappa shape index (κ2) is 8.97. The number of ether oxygens (including phenoxy) is 1. The maximum Gasteiger partial charge on any atom is 0.362 e. The molecule has 2 amide bonds. The van der Waals surface area contributed by atoms with Crippen molar-refractivity contribution in [3.8, 4) is 5.75 Å². The van der Waals surface area contributed by atoms with Crippen LogP contribution >= 0.6 is 11.6 Å². The van der Waals surface area contributed by atoms with Gasteiger partial charge < -0.3 is 26.2 Å². The molecule has 0 radical (unpaired) electrons. The van der Waals surface area contributed by atoms with Crippen molar-refractivity contribution in [2.24, 2.45) is 10.8 Å². The van der Waals surface area contributed by atoms with Crippen LogP contribution in [-0.4, -0.2) is 25.1 Å². The summed E-state index contributed by atoms with van der Waals surface area (Å²) in [5.74, 6) is 0.149. The Bertz CT molecular complexity index is 894. The molecule has 0 aliphatic carbocycles. The summed E-state index contributed by atoms with van der Waals surface area (Å²) in [5, 5.41) is 32.1. The number of anilines is 1. The number of para-hydroxylation sites is 1. The van der Waals surface area contributed by atoms with Crippen molar-refractivity contribution in [2.45, 2.75) is 6.42 Å². The molecule has 0 fully saturated rings. The molecule has 3 rings (SSSR count). The van der Waals surface area contributed by atoms with Gasteiger partial charge in [-0.05, 0) is 25.1 Å². The third-order valence-corrected chi connectivity index (χ3v) is 4.20. The molecule has 0 spiro atoms. The maximum atomic E-state index is 12.4. The zero-order valence-electron chi connectivity index (χ0n) is 14.7. The van der Waals surface area contributed by atoms with Gasteiger partial charge in [0.1, 0.15) is 5.75 Å². The Balaban J connectivity index is 1.68. The minimum atomic E-state index is -0.764. The third-order valence-electron chi connectivity index (χ3n) is 3.87. The van der Waals surface area contributed by atoms with E-state index in [4.69, 9.17) is 22.1 Å². The van der Waals surface area contributed by atoms with Crippen LogP contribution in [0.25, 0.3) is 0 Å². The lowest BCUT2D eigenvalue weighted by Gasteiger charge is -2.29. The number of guanidine groups is 1. The molecule has 2 aromatic rings. The van der Waals surface area contributed by atoms with Crippen LogP contribution in [0.2, 0.25) is 5.02 Å². The van der Waals surface area contributed by atoms with Gasteiger partial charge in [0.15, 0.2) is 0 Å². The molecular weight excluding hydrogens is 388 g/mol. The van der Waals surface area contributed by atoms with Gasteiger partial charge in [0.25, 0.3) is 0 Å². The third kappa shape index (κ3) is 4.57. The Kier molecular flexibility index (Phi) is 6.41. The highest BCUT2D eigenvalue weighted by Crippen LogP contribution is 2.26. The fourth-order valence-electron chi connectivity index (χ4n) is 2.52. The van der Waals surface area contributed by atoms with Gasteiger partial charge in [-0.2, -0.15) is 5.17 Å². The van der Waals surface area contributed by atoms with Crippen LogP contribution < -0.4 is 31.3 Å². The normalized spacial score (nSPS) is 18.1. The van der Waals surface area contributed by atoms with Crippen molar-refractivity contribution in [3.05, 3.63) is 57.9 Å². The zero-order chi connectivity index (χ0) is 20.1. The largest absolute Gasteiger partial charge is 0.621 e. The van der Waals surface area contributed by atoms with Gasteiger partial charge >= 0.3 is 12.0 Å². The van der Waals surface area contributed by atoms with Crippen LogP contribution in [0.1, 0.15) is 6.42 Å². The lowest BCUT2D eigenvalue weighted by molar-refractivity contribution is -0.813. The molecule has 2 aromatic carbocycles. The predicted octanol–water partition coefficient (Wildman–Crippen LogP) is 0.202.